The van der Waals surface area contributed by atoms with E-state index in [9.17, 15) is 13.2 Å². The highest BCUT2D eigenvalue weighted by molar-refractivity contribution is 7.78. The van der Waals surface area contributed by atoms with Gasteiger partial charge in [-0.2, -0.15) is 18.2 Å². The Morgan fingerprint density at radius 3 is 2.30 bits per heavy atom. The average molecular weight is 422 g/mol. The van der Waals surface area contributed by atoms with Crippen LogP contribution in [-0.2, 0) is 0 Å². The zero-order valence-electron chi connectivity index (χ0n) is 15.8. The Bertz CT molecular complexity index is 1220. The molecule has 0 saturated carbocycles. The summed E-state index contributed by atoms with van der Waals surface area (Å²) in [6, 6.07) is 23.4. The van der Waals surface area contributed by atoms with E-state index >= 15 is 0 Å². The number of hydrogen-bond acceptors (Lipinski definition) is 2. The molecule has 0 radical (unpaired) electrons. The summed E-state index contributed by atoms with van der Waals surface area (Å²) in [5.41, 5.74) is 3.83. The summed E-state index contributed by atoms with van der Waals surface area (Å²) in [6.07, 6.45) is -5.30. The zero-order chi connectivity index (χ0) is 21.1. The predicted octanol–water partition coefficient (Wildman–Crippen LogP) is 7.65. The third-order valence-electron chi connectivity index (χ3n) is 5.07. The molecule has 1 aromatic heterocycles. The van der Waals surface area contributed by atoms with E-state index in [1.807, 2.05) is 42.5 Å². The first-order chi connectivity index (χ1) is 14.5. The van der Waals surface area contributed by atoms with Gasteiger partial charge in [0.05, 0.1) is 23.0 Å². The van der Waals surface area contributed by atoms with Gasteiger partial charge in [0.2, 0.25) is 0 Å². The van der Waals surface area contributed by atoms with Crippen LogP contribution >= 0.6 is 12.2 Å². The topological polar surface area (TPSA) is 28.1 Å². The minimum Gasteiger partial charge on any atom is -0.354 e. The molecule has 0 spiro atoms. The molecule has 0 fully saturated rings. The van der Waals surface area contributed by atoms with Gasteiger partial charge in [0.15, 0.2) is 0 Å². The number of isothiocyanates is 1. The molecule has 3 aromatic carbocycles. The first kappa shape index (κ1) is 20.1. The van der Waals surface area contributed by atoms with Gasteiger partial charge in [0.1, 0.15) is 0 Å². The molecule has 0 bridgehead atoms. The molecule has 4 aromatic rings. The lowest BCUT2D eigenvalue weighted by molar-refractivity contribution is -0.136. The summed E-state index contributed by atoms with van der Waals surface area (Å²) < 4.78 is 41.0. The molecule has 6 heteroatoms. The molecule has 1 N–H and O–H groups in total. The smallest absolute Gasteiger partial charge is 0.354 e. The molecule has 2 nitrogen and oxygen atoms in total. The van der Waals surface area contributed by atoms with Crippen LogP contribution in [0.25, 0.3) is 22.2 Å². The van der Waals surface area contributed by atoms with Crippen LogP contribution in [0.5, 0.6) is 0 Å². The average Bonchev–Trinajstić information content (AvgIpc) is 3.12. The standard InChI is InChI=1S/C24H17F3N2S/c25-24(26,27)14-19(16-8-2-1-3-9-16)22-17-10-4-7-13-21(17)29-23(22)18-11-5-6-12-20(18)28-15-30/h1-13,19,29H,14H2. The Hall–Kier alpha value is -3.21. The van der Waals surface area contributed by atoms with Gasteiger partial charge < -0.3 is 4.98 Å². The van der Waals surface area contributed by atoms with Crippen molar-refractivity contribution in [2.45, 2.75) is 18.5 Å². The lowest BCUT2D eigenvalue weighted by atomic mass is 9.85. The number of nitrogens with one attached hydrogen (secondary N) is 1. The summed E-state index contributed by atoms with van der Waals surface area (Å²) >= 11 is 4.76. The Labute approximate surface area is 177 Å². The molecule has 0 aliphatic rings. The van der Waals surface area contributed by atoms with Gasteiger partial charge in [-0.25, -0.2) is 0 Å². The van der Waals surface area contributed by atoms with Gasteiger partial charge in [-0.1, -0.05) is 66.7 Å². The minimum atomic E-state index is -4.33. The maximum atomic E-state index is 13.7. The highest BCUT2D eigenvalue weighted by Crippen LogP contribution is 2.45. The number of benzene rings is 3. The van der Waals surface area contributed by atoms with E-state index in [1.54, 1.807) is 36.4 Å². The summed E-state index contributed by atoms with van der Waals surface area (Å²) in [6.45, 7) is 0. The Balaban J connectivity index is 2.04. The minimum absolute atomic E-state index is 0.555. The number of fused-ring (bicyclic) bond motifs is 1. The molecule has 0 aliphatic heterocycles. The second-order valence-electron chi connectivity index (χ2n) is 6.96. The van der Waals surface area contributed by atoms with Crippen molar-refractivity contribution in [3.05, 3.63) is 90.0 Å². The Kier molecular flexibility index (Phi) is 5.53. The molecular weight excluding hydrogens is 405 g/mol. The SMILES string of the molecule is FC(F)(F)CC(c1ccccc1)c1c(-c2ccccc2N=C=S)[nH]c2ccccc12. The van der Waals surface area contributed by atoms with Crippen LogP contribution in [0, 0.1) is 0 Å². The summed E-state index contributed by atoms with van der Waals surface area (Å²) in [5.74, 6) is -0.873. The normalized spacial score (nSPS) is 12.5. The summed E-state index contributed by atoms with van der Waals surface area (Å²) in [7, 11) is 0. The number of alkyl halides is 3. The van der Waals surface area contributed by atoms with Crippen LogP contribution in [0.4, 0.5) is 18.9 Å². The fraction of sp³-hybridized carbons (Fsp3) is 0.125. The van der Waals surface area contributed by atoms with Crippen LogP contribution in [0.2, 0.25) is 0 Å². The number of aromatic amines is 1. The number of hydrogen-bond donors (Lipinski definition) is 1. The number of para-hydroxylation sites is 2. The number of halogens is 3. The number of nitrogens with zero attached hydrogens (tertiary/aromatic N) is 1. The van der Waals surface area contributed by atoms with E-state index < -0.39 is 18.5 Å². The van der Waals surface area contributed by atoms with E-state index in [2.05, 4.69) is 15.1 Å². The molecule has 1 atom stereocenters. The second kappa shape index (κ2) is 8.27. The van der Waals surface area contributed by atoms with Crippen LogP contribution in [-0.4, -0.2) is 16.3 Å². The van der Waals surface area contributed by atoms with Crippen molar-refractivity contribution in [1.82, 2.24) is 4.98 Å². The summed E-state index contributed by atoms with van der Waals surface area (Å²) in [4.78, 5) is 7.45. The van der Waals surface area contributed by atoms with Crippen LogP contribution in [0.1, 0.15) is 23.5 Å². The zero-order valence-corrected chi connectivity index (χ0v) is 16.6. The van der Waals surface area contributed by atoms with Crippen molar-refractivity contribution in [1.29, 1.82) is 0 Å². The fourth-order valence-corrected chi connectivity index (χ4v) is 3.97. The van der Waals surface area contributed by atoms with Crippen molar-refractivity contribution < 1.29 is 13.2 Å². The first-order valence-corrected chi connectivity index (χ1v) is 9.78. The van der Waals surface area contributed by atoms with E-state index in [4.69, 9.17) is 12.2 Å². The van der Waals surface area contributed by atoms with Crippen molar-refractivity contribution in [3.8, 4) is 11.3 Å². The molecule has 0 saturated heterocycles. The highest BCUT2D eigenvalue weighted by atomic mass is 32.1. The van der Waals surface area contributed by atoms with Crippen molar-refractivity contribution >= 4 is 34.0 Å². The first-order valence-electron chi connectivity index (χ1n) is 9.37. The van der Waals surface area contributed by atoms with Crippen LogP contribution in [0.15, 0.2) is 83.9 Å². The lowest BCUT2D eigenvalue weighted by Gasteiger charge is -2.21. The third kappa shape index (κ3) is 4.06. The van der Waals surface area contributed by atoms with Crippen molar-refractivity contribution in [2.24, 2.45) is 4.99 Å². The Morgan fingerprint density at radius 1 is 0.900 bits per heavy atom. The summed E-state index contributed by atoms with van der Waals surface area (Å²) in [5, 5.41) is 3.12. The number of H-pyrrole nitrogens is 1. The monoisotopic (exact) mass is 422 g/mol. The molecule has 0 aliphatic carbocycles. The van der Waals surface area contributed by atoms with Gasteiger partial charge in [0.25, 0.3) is 0 Å². The maximum absolute atomic E-state index is 13.7. The van der Waals surface area contributed by atoms with E-state index in [0.717, 1.165) is 10.9 Å². The van der Waals surface area contributed by atoms with Crippen LogP contribution in [0.3, 0.4) is 0 Å². The molecule has 1 unspecified atom stereocenters. The number of thiocarbonyl (C=S) groups is 1. The van der Waals surface area contributed by atoms with E-state index in [0.29, 0.717) is 28.1 Å². The Morgan fingerprint density at radius 2 is 1.57 bits per heavy atom. The van der Waals surface area contributed by atoms with Crippen molar-refractivity contribution in [3.63, 3.8) is 0 Å². The molecule has 30 heavy (non-hydrogen) atoms. The van der Waals surface area contributed by atoms with Crippen LogP contribution < -0.4 is 0 Å². The molecule has 0 amide bonds. The maximum Gasteiger partial charge on any atom is 0.390 e. The predicted molar refractivity (Wildman–Crippen MR) is 117 cm³/mol. The molecular formula is C24H17F3N2S. The molecule has 150 valence electrons. The van der Waals surface area contributed by atoms with Gasteiger partial charge in [0, 0.05) is 22.4 Å². The number of aromatic nitrogens is 1. The third-order valence-corrected chi connectivity index (χ3v) is 5.16. The van der Waals surface area contributed by atoms with Gasteiger partial charge >= 0.3 is 6.18 Å². The largest absolute Gasteiger partial charge is 0.390 e. The number of rotatable bonds is 5. The lowest BCUT2D eigenvalue weighted by Crippen LogP contribution is -2.15. The van der Waals surface area contributed by atoms with Gasteiger partial charge in [-0.05, 0) is 35.5 Å². The van der Waals surface area contributed by atoms with Gasteiger partial charge in [-0.15, -0.1) is 0 Å². The van der Waals surface area contributed by atoms with E-state index in [-0.39, 0.29) is 0 Å². The second-order valence-corrected chi connectivity index (χ2v) is 7.14. The van der Waals surface area contributed by atoms with Gasteiger partial charge in [-0.3, -0.25) is 0 Å². The van der Waals surface area contributed by atoms with E-state index in [1.165, 1.54) is 0 Å². The fourth-order valence-electron chi connectivity index (χ4n) is 3.87. The molecule has 4 rings (SSSR count). The quantitative estimate of drug-likeness (QED) is 0.260. The molecule has 1 heterocycles. The highest BCUT2D eigenvalue weighted by Gasteiger charge is 2.36. The number of aliphatic imine (C=N–C) groups is 1. The van der Waals surface area contributed by atoms with Crippen molar-refractivity contribution in [2.75, 3.05) is 0 Å².